The molecule has 1 N–H and O–H groups in total. The van der Waals surface area contributed by atoms with Crippen LogP contribution in [0.2, 0.25) is 0 Å². The Morgan fingerprint density at radius 1 is 0.879 bits per heavy atom. The molecular weight excluding hydrogens is 428 g/mol. The predicted octanol–water partition coefficient (Wildman–Crippen LogP) is 2.71. The smallest absolute Gasteiger partial charge is 0.338 e. The summed E-state index contributed by atoms with van der Waals surface area (Å²) in [5, 5.41) is 11.6. The van der Waals surface area contributed by atoms with Crippen molar-refractivity contribution in [2.75, 3.05) is 13.2 Å². The fraction of sp³-hybridized carbons (Fsp3) is 0.320. The van der Waals surface area contributed by atoms with Gasteiger partial charge in [0.1, 0.15) is 12.7 Å². The third-order valence-corrected chi connectivity index (χ3v) is 5.10. The van der Waals surface area contributed by atoms with E-state index in [9.17, 15) is 19.5 Å². The second kappa shape index (κ2) is 10.9. The fourth-order valence-corrected chi connectivity index (χ4v) is 3.52. The van der Waals surface area contributed by atoms with Crippen molar-refractivity contribution in [3.63, 3.8) is 0 Å². The molecule has 0 radical (unpaired) electrons. The van der Waals surface area contributed by atoms with E-state index < -0.39 is 48.4 Å². The summed E-state index contributed by atoms with van der Waals surface area (Å²) in [5.41, 5.74) is -1.43. The number of aliphatic hydroxyl groups is 1. The normalized spacial score (nSPS) is 24.0. The van der Waals surface area contributed by atoms with Gasteiger partial charge in [-0.05, 0) is 37.3 Å². The van der Waals surface area contributed by atoms with Gasteiger partial charge in [-0.2, -0.15) is 0 Å². The first kappa shape index (κ1) is 24.2. The number of esters is 3. The molecule has 4 unspecified atom stereocenters. The Labute approximate surface area is 191 Å². The topological polar surface area (TPSA) is 108 Å². The van der Waals surface area contributed by atoms with Gasteiger partial charge in [-0.1, -0.05) is 42.5 Å². The number of ether oxygens (including phenoxy) is 4. The first-order chi connectivity index (χ1) is 15.8. The van der Waals surface area contributed by atoms with Gasteiger partial charge in [0.2, 0.25) is 0 Å². The highest BCUT2D eigenvalue weighted by molar-refractivity contribution is 5.90. The Bertz CT molecular complexity index is 988. The van der Waals surface area contributed by atoms with E-state index in [0.29, 0.717) is 5.56 Å². The molecule has 0 fully saturated rings. The lowest BCUT2D eigenvalue weighted by atomic mass is 9.82. The van der Waals surface area contributed by atoms with Crippen molar-refractivity contribution in [1.82, 2.24) is 0 Å². The lowest BCUT2D eigenvalue weighted by Gasteiger charge is -2.44. The molecule has 0 spiro atoms. The van der Waals surface area contributed by atoms with Gasteiger partial charge < -0.3 is 24.1 Å². The second-order valence-electron chi connectivity index (χ2n) is 7.46. The summed E-state index contributed by atoms with van der Waals surface area (Å²) < 4.78 is 21.9. The average molecular weight is 454 g/mol. The monoisotopic (exact) mass is 454 g/mol. The first-order valence-corrected chi connectivity index (χ1v) is 10.5. The average Bonchev–Trinajstić information content (AvgIpc) is 2.82. The number of carbonyl (C=O) groups is 3. The Kier molecular flexibility index (Phi) is 7.97. The van der Waals surface area contributed by atoms with E-state index in [-0.39, 0.29) is 12.2 Å². The summed E-state index contributed by atoms with van der Waals surface area (Å²) in [6.07, 6.45) is -0.515. The molecular formula is C25H26O8. The van der Waals surface area contributed by atoms with Gasteiger partial charge in [-0.15, -0.1) is 0 Å². The Hall–Kier alpha value is -3.49. The van der Waals surface area contributed by atoms with Crippen molar-refractivity contribution in [2.45, 2.75) is 37.8 Å². The van der Waals surface area contributed by atoms with Gasteiger partial charge in [0, 0.05) is 13.5 Å². The van der Waals surface area contributed by atoms with Crippen molar-refractivity contribution in [1.29, 1.82) is 0 Å². The van der Waals surface area contributed by atoms with Crippen molar-refractivity contribution < 1.29 is 38.4 Å². The van der Waals surface area contributed by atoms with E-state index >= 15 is 0 Å². The van der Waals surface area contributed by atoms with Crippen LogP contribution in [0.25, 0.3) is 0 Å². The summed E-state index contributed by atoms with van der Waals surface area (Å²) in [6, 6.07) is 16.5. The molecule has 0 saturated carbocycles. The van der Waals surface area contributed by atoms with Crippen molar-refractivity contribution in [3.05, 3.63) is 83.9 Å². The number of rotatable bonds is 8. The number of hydrogen-bond donors (Lipinski definition) is 1. The highest BCUT2D eigenvalue weighted by Gasteiger charge is 2.54. The minimum absolute atomic E-state index is 0.227. The highest BCUT2D eigenvalue weighted by Crippen LogP contribution is 2.32. The van der Waals surface area contributed by atoms with Gasteiger partial charge in [-0.25, -0.2) is 9.59 Å². The molecule has 2 aromatic rings. The summed E-state index contributed by atoms with van der Waals surface area (Å²) in [7, 11) is 0. The van der Waals surface area contributed by atoms with E-state index in [0.717, 1.165) is 0 Å². The lowest BCUT2D eigenvalue weighted by molar-refractivity contribution is -0.212. The molecule has 174 valence electrons. The molecule has 1 aliphatic carbocycles. The maximum absolute atomic E-state index is 12.6. The third kappa shape index (κ3) is 5.85. The van der Waals surface area contributed by atoms with Gasteiger partial charge in [0.05, 0.1) is 11.1 Å². The molecule has 0 amide bonds. The molecule has 8 nitrogen and oxygen atoms in total. The van der Waals surface area contributed by atoms with Crippen LogP contribution in [0.4, 0.5) is 0 Å². The molecule has 2 aromatic carbocycles. The van der Waals surface area contributed by atoms with Crippen molar-refractivity contribution >= 4 is 17.9 Å². The van der Waals surface area contributed by atoms with E-state index in [1.807, 2.05) is 0 Å². The minimum Gasteiger partial charge on any atom is -0.459 e. The Balaban J connectivity index is 1.87. The zero-order valence-corrected chi connectivity index (χ0v) is 18.4. The first-order valence-electron chi connectivity index (χ1n) is 10.5. The van der Waals surface area contributed by atoms with Gasteiger partial charge in [-0.3, -0.25) is 4.79 Å². The van der Waals surface area contributed by atoms with Crippen LogP contribution in [0, 0.1) is 0 Å². The second-order valence-corrected chi connectivity index (χ2v) is 7.46. The van der Waals surface area contributed by atoms with Gasteiger partial charge >= 0.3 is 17.9 Å². The highest BCUT2D eigenvalue weighted by atomic mass is 16.6. The lowest BCUT2D eigenvalue weighted by Crippen LogP contribution is -2.63. The molecule has 0 saturated heterocycles. The molecule has 4 atom stereocenters. The molecule has 8 heteroatoms. The van der Waals surface area contributed by atoms with Crippen LogP contribution in [0.15, 0.2) is 72.8 Å². The predicted molar refractivity (Wildman–Crippen MR) is 117 cm³/mol. The zero-order chi connectivity index (χ0) is 23.8. The maximum atomic E-state index is 12.6. The van der Waals surface area contributed by atoms with Crippen LogP contribution in [-0.4, -0.2) is 60.1 Å². The molecule has 1 aliphatic rings. The van der Waals surface area contributed by atoms with E-state index in [1.165, 1.54) is 19.1 Å². The van der Waals surface area contributed by atoms with E-state index in [2.05, 4.69) is 0 Å². The van der Waals surface area contributed by atoms with Crippen LogP contribution in [0.1, 0.15) is 34.6 Å². The molecule has 0 heterocycles. The van der Waals surface area contributed by atoms with Crippen LogP contribution in [0.5, 0.6) is 0 Å². The van der Waals surface area contributed by atoms with Crippen molar-refractivity contribution in [2.24, 2.45) is 0 Å². The van der Waals surface area contributed by atoms with Crippen LogP contribution < -0.4 is 0 Å². The molecule has 33 heavy (non-hydrogen) atoms. The van der Waals surface area contributed by atoms with Crippen LogP contribution in [-0.2, 0) is 23.7 Å². The maximum Gasteiger partial charge on any atom is 0.338 e. The van der Waals surface area contributed by atoms with Crippen LogP contribution >= 0.6 is 0 Å². The number of benzene rings is 2. The minimum atomic E-state index is -2.01. The fourth-order valence-electron chi connectivity index (χ4n) is 3.52. The summed E-state index contributed by atoms with van der Waals surface area (Å²) in [6.45, 7) is 2.56. The van der Waals surface area contributed by atoms with Crippen molar-refractivity contribution in [3.8, 4) is 0 Å². The number of hydrogen-bond acceptors (Lipinski definition) is 8. The quantitative estimate of drug-likeness (QED) is 0.369. The SMILES string of the molecule is CCOC1C=CC(OC(=O)c2ccccc2)C(OC(C)=O)C1(O)COC(=O)c1ccccc1. The molecule has 3 rings (SSSR count). The van der Waals surface area contributed by atoms with Crippen LogP contribution in [0.3, 0.4) is 0 Å². The van der Waals surface area contributed by atoms with Gasteiger partial charge in [0.25, 0.3) is 0 Å². The van der Waals surface area contributed by atoms with E-state index in [1.54, 1.807) is 67.6 Å². The number of carbonyl (C=O) groups excluding carboxylic acids is 3. The summed E-state index contributed by atoms with van der Waals surface area (Å²) in [4.78, 5) is 37.0. The molecule has 0 aromatic heterocycles. The van der Waals surface area contributed by atoms with Gasteiger partial charge in [0.15, 0.2) is 17.8 Å². The largest absolute Gasteiger partial charge is 0.459 e. The summed E-state index contributed by atoms with van der Waals surface area (Å²) in [5.74, 6) is -2.05. The Morgan fingerprint density at radius 2 is 1.45 bits per heavy atom. The summed E-state index contributed by atoms with van der Waals surface area (Å²) >= 11 is 0. The standard InChI is InChI=1S/C25H26O8/c1-3-30-21-15-14-20(33-24(28)19-12-8-5-9-13-19)22(32-17(2)26)25(21,29)16-31-23(27)18-10-6-4-7-11-18/h4-15,20-22,29H,3,16H2,1-2H3. The third-order valence-electron chi connectivity index (χ3n) is 5.10. The zero-order valence-electron chi connectivity index (χ0n) is 18.4. The Morgan fingerprint density at radius 3 is 2.00 bits per heavy atom. The molecule has 0 aliphatic heterocycles. The van der Waals surface area contributed by atoms with E-state index in [4.69, 9.17) is 18.9 Å². The molecule has 0 bridgehead atoms.